The molecule has 2 amide bonds. The Morgan fingerprint density at radius 1 is 1.00 bits per heavy atom. The lowest BCUT2D eigenvalue weighted by Crippen LogP contribution is -2.51. The van der Waals surface area contributed by atoms with E-state index in [1.807, 2.05) is 56.3 Å². The van der Waals surface area contributed by atoms with Crippen molar-refractivity contribution in [3.63, 3.8) is 0 Å². The Morgan fingerprint density at radius 2 is 1.62 bits per heavy atom. The van der Waals surface area contributed by atoms with Gasteiger partial charge in [-0.15, -0.1) is 0 Å². The van der Waals surface area contributed by atoms with E-state index < -0.39 is 22.0 Å². The Bertz CT molecular complexity index is 1010. The summed E-state index contributed by atoms with van der Waals surface area (Å²) in [4.78, 5) is 27.5. The van der Waals surface area contributed by atoms with Gasteiger partial charge in [0.05, 0.1) is 11.9 Å². The van der Waals surface area contributed by atoms with Crippen LogP contribution >= 0.6 is 0 Å². The number of aryl methyl sites for hydroxylation is 1. The maximum absolute atomic E-state index is 13.4. The van der Waals surface area contributed by atoms with E-state index in [1.54, 1.807) is 19.1 Å². The molecular weight excluding hydrogens is 426 g/mol. The van der Waals surface area contributed by atoms with Gasteiger partial charge in [0.2, 0.25) is 21.8 Å². The predicted octanol–water partition coefficient (Wildman–Crippen LogP) is 2.96. The summed E-state index contributed by atoms with van der Waals surface area (Å²) < 4.78 is 26.4. The number of hydrogen-bond acceptors (Lipinski definition) is 4. The molecule has 1 atom stereocenters. The van der Waals surface area contributed by atoms with Crippen LogP contribution in [0.15, 0.2) is 54.6 Å². The summed E-state index contributed by atoms with van der Waals surface area (Å²) in [5.41, 5.74) is 2.17. The molecule has 0 fully saturated rings. The number of carbonyl (C=O) groups is 2. The Labute approximate surface area is 191 Å². The van der Waals surface area contributed by atoms with Gasteiger partial charge in [-0.25, -0.2) is 8.42 Å². The smallest absolute Gasteiger partial charge is 0.244 e. The summed E-state index contributed by atoms with van der Waals surface area (Å²) in [7, 11) is -3.73. The highest BCUT2D eigenvalue weighted by Crippen LogP contribution is 2.24. The molecule has 0 spiro atoms. The maximum atomic E-state index is 13.4. The van der Waals surface area contributed by atoms with E-state index in [0.717, 1.165) is 28.1 Å². The number of para-hydroxylation sites is 1. The van der Waals surface area contributed by atoms with Crippen molar-refractivity contribution >= 4 is 27.5 Å². The van der Waals surface area contributed by atoms with Crippen molar-refractivity contribution in [3.8, 4) is 0 Å². The molecule has 1 unspecified atom stereocenters. The van der Waals surface area contributed by atoms with Crippen molar-refractivity contribution in [3.05, 3.63) is 65.7 Å². The second-order valence-electron chi connectivity index (χ2n) is 7.73. The molecule has 32 heavy (non-hydrogen) atoms. The first kappa shape index (κ1) is 25.4. The van der Waals surface area contributed by atoms with Crippen LogP contribution in [-0.2, 0) is 32.6 Å². The van der Waals surface area contributed by atoms with Crippen LogP contribution in [0.2, 0.25) is 0 Å². The van der Waals surface area contributed by atoms with Crippen molar-refractivity contribution in [1.29, 1.82) is 0 Å². The minimum Gasteiger partial charge on any atom is -0.354 e. The van der Waals surface area contributed by atoms with Gasteiger partial charge in [0.1, 0.15) is 12.6 Å². The van der Waals surface area contributed by atoms with E-state index in [4.69, 9.17) is 0 Å². The van der Waals surface area contributed by atoms with E-state index >= 15 is 0 Å². The summed E-state index contributed by atoms with van der Waals surface area (Å²) in [6.07, 6.45) is 2.49. The van der Waals surface area contributed by atoms with Crippen LogP contribution in [0.5, 0.6) is 0 Å². The van der Waals surface area contributed by atoms with E-state index in [0.29, 0.717) is 18.7 Å². The third kappa shape index (κ3) is 6.82. The number of benzene rings is 2. The molecule has 0 aliphatic heterocycles. The van der Waals surface area contributed by atoms with Crippen LogP contribution in [0, 0.1) is 0 Å². The van der Waals surface area contributed by atoms with Crippen molar-refractivity contribution < 1.29 is 18.0 Å². The number of nitrogens with zero attached hydrogens (tertiary/aromatic N) is 2. The summed E-state index contributed by atoms with van der Waals surface area (Å²) in [6, 6.07) is 15.7. The highest BCUT2D eigenvalue weighted by molar-refractivity contribution is 7.92. The van der Waals surface area contributed by atoms with Gasteiger partial charge < -0.3 is 10.2 Å². The van der Waals surface area contributed by atoms with Gasteiger partial charge >= 0.3 is 0 Å². The van der Waals surface area contributed by atoms with Crippen molar-refractivity contribution in [2.24, 2.45) is 0 Å². The van der Waals surface area contributed by atoms with Gasteiger partial charge in [-0.1, -0.05) is 62.4 Å². The van der Waals surface area contributed by atoms with Gasteiger partial charge in [0, 0.05) is 13.1 Å². The average Bonchev–Trinajstić information content (AvgIpc) is 2.78. The number of anilines is 1. The first-order valence-corrected chi connectivity index (χ1v) is 12.7. The molecular formula is C24H33N3O4S. The maximum Gasteiger partial charge on any atom is 0.244 e. The zero-order chi connectivity index (χ0) is 23.7. The molecule has 0 saturated carbocycles. The average molecular weight is 460 g/mol. The number of sulfonamides is 1. The Hall–Kier alpha value is -2.87. The number of rotatable bonds is 11. The van der Waals surface area contributed by atoms with Crippen LogP contribution in [0.25, 0.3) is 0 Å². The molecule has 2 aromatic carbocycles. The Balaban J connectivity index is 2.38. The highest BCUT2D eigenvalue weighted by Gasteiger charge is 2.30. The molecule has 0 aromatic heterocycles. The number of carbonyl (C=O) groups excluding carboxylic acids is 2. The first-order valence-electron chi connectivity index (χ1n) is 10.9. The van der Waals surface area contributed by atoms with Gasteiger partial charge in [-0.05, 0) is 37.0 Å². The Morgan fingerprint density at radius 3 is 2.22 bits per heavy atom. The number of nitrogens with one attached hydrogen (secondary N) is 1. The second-order valence-corrected chi connectivity index (χ2v) is 9.63. The molecule has 2 aromatic rings. The lowest BCUT2D eigenvalue weighted by atomic mass is 10.1. The van der Waals surface area contributed by atoms with Crippen LogP contribution < -0.4 is 9.62 Å². The summed E-state index contributed by atoms with van der Waals surface area (Å²) in [5, 5.41) is 2.82. The molecule has 0 bridgehead atoms. The molecule has 1 N–H and O–H groups in total. The largest absolute Gasteiger partial charge is 0.354 e. The van der Waals surface area contributed by atoms with Gasteiger partial charge in [0.25, 0.3) is 0 Å². The molecule has 0 aliphatic carbocycles. The SMILES string of the molecule is CCCNC(=O)C(C)N(Cc1ccccc1)C(=O)CN(c1ccccc1CC)S(C)(=O)=O. The third-order valence-corrected chi connectivity index (χ3v) is 6.36. The predicted molar refractivity (Wildman–Crippen MR) is 128 cm³/mol. The molecule has 8 heteroatoms. The lowest BCUT2D eigenvalue weighted by molar-refractivity contribution is -0.139. The van der Waals surface area contributed by atoms with Crippen LogP contribution in [0.4, 0.5) is 5.69 Å². The lowest BCUT2D eigenvalue weighted by Gasteiger charge is -2.32. The first-order chi connectivity index (χ1) is 15.2. The fraction of sp³-hybridized carbons (Fsp3) is 0.417. The van der Waals surface area contributed by atoms with Crippen LogP contribution in [-0.4, -0.2) is 50.5 Å². The van der Waals surface area contributed by atoms with Crippen molar-refractivity contribution in [2.45, 2.75) is 46.2 Å². The van der Waals surface area contributed by atoms with Gasteiger partial charge in [0.15, 0.2) is 0 Å². The van der Waals surface area contributed by atoms with E-state index in [-0.39, 0.29) is 19.0 Å². The fourth-order valence-electron chi connectivity index (χ4n) is 3.41. The fourth-order valence-corrected chi connectivity index (χ4v) is 4.29. The molecule has 0 saturated heterocycles. The molecule has 2 rings (SSSR count). The van der Waals surface area contributed by atoms with Crippen LogP contribution in [0.3, 0.4) is 0 Å². The summed E-state index contributed by atoms with van der Waals surface area (Å²) in [5.74, 6) is -0.708. The summed E-state index contributed by atoms with van der Waals surface area (Å²) in [6.45, 7) is 5.88. The molecule has 0 radical (unpaired) electrons. The van der Waals surface area contributed by atoms with Crippen molar-refractivity contribution in [2.75, 3.05) is 23.7 Å². The minimum absolute atomic E-state index is 0.202. The van der Waals surface area contributed by atoms with Crippen molar-refractivity contribution in [1.82, 2.24) is 10.2 Å². The molecule has 0 aliphatic rings. The summed E-state index contributed by atoms with van der Waals surface area (Å²) >= 11 is 0. The zero-order valence-electron chi connectivity index (χ0n) is 19.2. The topological polar surface area (TPSA) is 86.8 Å². The molecule has 0 heterocycles. The highest BCUT2D eigenvalue weighted by atomic mass is 32.2. The minimum atomic E-state index is -3.73. The quantitative estimate of drug-likeness (QED) is 0.560. The third-order valence-electron chi connectivity index (χ3n) is 5.23. The zero-order valence-corrected chi connectivity index (χ0v) is 20.1. The second kappa shape index (κ2) is 11.7. The Kier molecular flexibility index (Phi) is 9.26. The van der Waals surface area contributed by atoms with Crippen LogP contribution in [0.1, 0.15) is 38.3 Å². The van der Waals surface area contributed by atoms with E-state index in [9.17, 15) is 18.0 Å². The normalized spacial score (nSPS) is 12.1. The van der Waals surface area contributed by atoms with E-state index in [2.05, 4.69) is 5.32 Å². The van der Waals surface area contributed by atoms with E-state index in [1.165, 1.54) is 4.90 Å². The van der Waals surface area contributed by atoms with Gasteiger partial charge in [-0.3, -0.25) is 13.9 Å². The number of amides is 2. The standard InChI is InChI=1S/C24H33N3O4S/c1-5-16-25-24(29)19(3)26(17-20-12-8-7-9-13-20)23(28)18-27(32(4,30)31)22-15-11-10-14-21(22)6-2/h7-15,19H,5-6,16-18H2,1-4H3,(H,25,29). The number of hydrogen-bond donors (Lipinski definition) is 1. The molecule has 174 valence electrons. The monoisotopic (exact) mass is 459 g/mol. The molecule has 7 nitrogen and oxygen atoms in total. The van der Waals surface area contributed by atoms with Gasteiger partial charge in [-0.2, -0.15) is 0 Å².